The topological polar surface area (TPSA) is 35.6 Å². The van der Waals surface area contributed by atoms with Crippen molar-refractivity contribution in [2.24, 2.45) is 5.92 Å². The number of carbonyl (C=O) groups is 1. The van der Waals surface area contributed by atoms with E-state index in [1.54, 1.807) is 0 Å². The molecular weight excluding hydrogens is 345 g/mol. The van der Waals surface area contributed by atoms with E-state index in [-0.39, 0.29) is 11.8 Å². The number of carbonyl (C=O) groups excluding carboxylic acids is 1. The van der Waals surface area contributed by atoms with Gasteiger partial charge in [-0.15, -0.1) is 23.2 Å². The maximum Gasteiger partial charge on any atom is 0.226 e. The summed E-state index contributed by atoms with van der Waals surface area (Å²) in [5, 5.41) is 2.90. The predicted octanol–water partition coefficient (Wildman–Crippen LogP) is 2.63. The van der Waals surface area contributed by atoms with Gasteiger partial charge in [0.05, 0.1) is 5.92 Å². The van der Waals surface area contributed by atoms with Crippen LogP contribution in [-0.4, -0.2) is 52.8 Å². The molecule has 24 heavy (non-hydrogen) atoms. The van der Waals surface area contributed by atoms with Crippen LogP contribution < -0.4 is 5.32 Å². The maximum atomic E-state index is 11.9. The molecule has 0 aromatic heterocycles. The van der Waals surface area contributed by atoms with Crippen molar-refractivity contribution in [2.75, 3.05) is 32.7 Å². The van der Waals surface area contributed by atoms with Crippen LogP contribution in [0.3, 0.4) is 0 Å². The molecule has 1 heterocycles. The van der Waals surface area contributed by atoms with Gasteiger partial charge in [-0.1, -0.05) is 31.2 Å². The third-order valence-electron chi connectivity index (χ3n) is 4.95. The third kappa shape index (κ3) is 4.63. The number of piperazine rings is 1. The van der Waals surface area contributed by atoms with Crippen LogP contribution in [0.2, 0.25) is 0 Å². The molecule has 1 aromatic rings. The monoisotopic (exact) mass is 369 g/mol. The van der Waals surface area contributed by atoms with E-state index < -0.39 is 4.33 Å². The largest absolute Gasteiger partial charge is 0.352 e. The van der Waals surface area contributed by atoms with E-state index in [4.69, 9.17) is 23.2 Å². The summed E-state index contributed by atoms with van der Waals surface area (Å²) in [6.07, 6.45) is 0.548. The van der Waals surface area contributed by atoms with E-state index >= 15 is 0 Å². The highest BCUT2D eigenvalue weighted by atomic mass is 35.5. The predicted molar refractivity (Wildman–Crippen MR) is 98.2 cm³/mol. The van der Waals surface area contributed by atoms with Crippen molar-refractivity contribution in [1.82, 2.24) is 15.1 Å². The summed E-state index contributed by atoms with van der Waals surface area (Å²) in [6.45, 7) is 9.45. The van der Waals surface area contributed by atoms with E-state index in [1.165, 1.54) is 5.56 Å². The van der Waals surface area contributed by atoms with Gasteiger partial charge in [0.25, 0.3) is 0 Å². The summed E-state index contributed by atoms with van der Waals surface area (Å²) in [5.74, 6) is -0.320. The lowest BCUT2D eigenvalue weighted by Crippen LogP contribution is -2.45. The lowest BCUT2D eigenvalue weighted by atomic mass is 10.1. The standard InChI is InChI=1S/C18H25Cl2N3O/c1-2-22-7-9-23(10-8-22)13-15-5-3-14(4-6-15)12-21-17(24)16-11-18(16,19)20/h3-6,16H,2,7-13H2,1H3,(H,21,24). The molecule has 132 valence electrons. The fourth-order valence-electron chi connectivity index (χ4n) is 3.09. The Morgan fingerprint density at radius 2 is 1.67 bits per heavy atom. The van der Waals surface area contributed by atoms with Crippen LogP contribution in [0.15, 0.2) is 24.3 Å². The first-order valence-corrected chi connectivity index (χ1v) is 9.41. The van der Waals surface area contributed by atoms with E-state index in [0.29, 0.717) is 13.0 Å². The Hall–Kier alpha value is -0.810. The Morgan fingerprint density at radius 3 is 2.21 bits per heavy atom. The lowest BCUT2D eigenvalue weighted by molar-refractivity contribution is -0.122. The number of halogens is 2. The second kappa shape index (κ2) is 7.61. The Bertz CT molecular complexity index is 568. The summed E-state index contributed by atoms with van der Waals surface area (Å²) in [4.78, 5) is 16.9. The van der Waals surface area contributed by atoms with Gasteiger partial charge in [-0.25, -0.2) is 0 Å². The van der Waals surface area contributed by atoms with Gasteiger partial charge in [0.15, 0.2) is 0 Å². The zero-order valence-corrected chi connectivity index (χ0v) is 15.6. The van der Waals surface area contributed by atoms with Crippen LogP contribution in [0.4, 0.5) is 0 Å². The van der Waals surface area contributed by atoms with Crippen LogP contribution in [0, 0.1) is 5.92 Å². The Labute approximate surface area is 154 Å². The molecule has 1 saturated heterocycles. The quantitative estimate of drug-likeness (QED) is 0.782. The molecule has 1 unspecified atom stereocenters. The summed E-state index contributed by atoms with van der Waals surface area (Å²) < 4.78 is -0.851. The first-order chi connectivity index (χ1) is 11.5. The average molecular weight is 370 g/mol. The van der Waals surface area contributed by atoms with Crippen molar-refractivity contribution < 1.29 is 4.79 Å². The van der Waals surface area contributed by atoms with Crippen LogP contribution in [0.25, 0.3) is 0 Å². The smallest absolute Gasteiger partial charge is 0.226 e. The maximum absolute atomic E-state index is 11.9. The fourth-order valence-corrected chi connectivity index (χ4v) is 3.60. The SMILES string of the molecule is CCN1CCN(Cc2ccc(CNC(=O)C3CC3(Cl)Cl)cc2)CC1. The molecular formula is C18H25Cl2N3O. The van der Waals surface area contributed by atoms with Gasteiger partial charge >= 0.3 is 0 Å². The van der Waals surface area contributed by atoms with E-state index in [9.17, 15) is 4.79 Å². The van der Waals surface area contributed by atoms with Crippen molar-refractivity contribution in [1.29, 1.82) is 0 Å². The molecule has 1 aliphatic heterocycles. The van der Waals surface area contributed by atoms with E-state index in [1.807, 2.05) is 0 Å². The molecule has 1 saturated carbocycles. The minimum atomic E-state index is -0.851. The number of amides is 1. The molecule has 1 atom stereocenters. The molecule has 0 radical (unpaired) electrons. The van der Waals surface area contributed by atoms with Gasteiger partial charge < -0.3 is 10.2 Å². The van der Waals surface area contributed by atoms with Crippen molar-refractivity contribution in [3.8, 4) is 0 Å². The van der Waals surface area contributed by atoms with Crippen molar-refractivity contribution in [3.63, 3.8) is 0 Å². The zero-order valence-electron chi connectivity index (χ0n) is 14.1. The number of alkyl halides is 2. The number of hydrogen-bond acceptors (Lipinski definition) is 3. The molecule has 0 spiro atoms. The van der Waals surface area contributed by atoms with Crippen LogP contribution in [-0.2, 0) is 17.9 Å². The number of likely N-dealkylation sites (N-methyl/N-ethyl adjacent to an activating group) is 1. The second-order valence-corrected chi connectivity index (χ2v) is 8.30. The number of nitrogens with one attached hydrogen (secondary N) is 1. The Kier molecular flexibility index (Phi) is 5.70. The highest BCUT2D eigenvalue weighted by molar-refractivity contribution is 6.52. The second-order valence-electron chi connectivity index (χ2n) is 6.76. The molecule has 1 aromatic carbocycles. The molecule has 1 N–H and O–H groups in total. The highest BCUT2D eigenvalue weighted by Gasteiger charge is 2.56. The Balaban J connectivity index is 1.43. The van der Waals surface area contributed by atoms with Gasteiger partial charge in [-0.2, -0.15) is 0 Å². The summed E-state index contributed by atoms with van der Waals surface area (Å²) >= 11 is 11.8. The van der Waals surface area contributed by atoms with Gasteiger partial charge in [-0.05, 0) is 24.1 Å². The molecule has 2 fully saturated rings. The highest BCUT2D eigenvalue weighted by Crippen LogP contribution is 2.53. The summed E-state index contributed by atoms with van der Waals surface area (Å²) in [7, 11) is 0. The van der Waals surface area contributed by atoms with Crippen LogP contribution >= 0.6 is 23.2 Å². The summed E-state index contributed by atoms with van der Waals surface area (Å²) in [6, 6.07) is 8.47. The number of nitrogens with zero attached hydrogens (tertiary/aromatic N) is 2. The molecule has 1 amide bonds. The molecule has 6 heteroatoms. The molecule has 2 aliphatic rings. The third-order valence-corrected chi connectivity index (χ3v) is 5.79. The van der Waals surface area contributed by atoms with Gasteiger partial charge in [0.2, 0.25) is 5.91 Å². The fraction of sp³-hybridized carbons (Fsp3) is 0.611. The first kappa shape index (κ1) is 18.0. The van der Waals surface area contributed by atoms with Crippen molar-refractivity contribution in [3.05, 3.63) is 35.4 Å². The van der Waals surface area contributed by atoms with Crippen molar-refractivity contribution in [2.45, 2.75) is 30.8 Å². The Morgan fingerprint density at radius 1 is 1.12 bits per heavy atom. The number of rotatable bonds is 6. The number of benzene rings is 1. The lowest BCUT2D eigenvalue weighted by Gasteiger charge is -2.34. The number of hydrogen-bond donors (Lipinski definition) is 1. The van der Waals surface area contributed by atoms with Gasteiger partial charge in [-0.3, -0.25) is 9.69 Å². The molecule has 0 bridgehead atoms. The average Bonchev–Trinajstić information content (AvgIpc) is 3.23. The minimum absolute atomic E-state index is 0.0575. The molecule has 1 aliphatic carbocycles. The first-order valence-electron chi connectivity index (χ1n) is 8.66. The summed E-state index contributed by atoms with van der Waals surface area (Å²) in [5.41, 5.74) is 2.41. The van der Waals surface area contributed by atoms with E-state index in [0.717, 1.165) is 44.8 Å². The van der Waals surface area contributed by atoms with Crippen LogP contribution in [0.1, 0.15) is 24.5 Å². The molecule has 4 nitrogen and oxygen atoms in total. The van der Waals surface area contributed by atoms with Gasteiger partial charge in [0.1, 0.15) is 4.33 Å². The normalized spacial score (nSPS) is 23.9. The van der Waals surface area contributed by atoms with Crippen molar-refractivity contribution >= 4 is 29.1 Å². The minimum Gasteiger partial charge on any atom is -0.352 e. The zero-order chi connectivity index (χ0) is 17.2. The van der Waals surface area contributed by atoms with E-state index in [2.05, 4.69) is 46.3 Å². The molecule has 3 rings (SSSR count). The van der Waals surface area contributed by atoms with Crippen LogP contribution in [0.5, 0.6) is 0 Å². The van der Waals surface area contributed by atoms with Gasteiger partial charge in [0, 0.05) is 39.3 Å².